The van der Waals surface area contributed by atoms with Crippen LogP contribution < -0.4 is 5.73 Å². The molecular weight excluding hydrogens is 191 g/mol. The quantitative estimate of drug-likeness (QED) is 0.769. The summed E-state index contributed by atoms with van der Waals surface area (Å²) in [5, 5.41) is 0. The Balaban J connectivity index is 1.98. The molecule has 1 saturated carbocycles. The van der Waals surface area contributed by atoms with Crippen LogP contribution in [-0.2, 0) is 6.54 Å². The van der Waals surface area contributed by atoms with E-state index < -0.39 is 0 Å². The van der Waals surface area contributed by atoms with Gasteiger partial charge >= 0.3 is 0 Å². The Morgan fingerprint density at radius 2 is 2.20 bits per heavy atom. The molecule has 0 heterocycles. The average molecular weight is 208 g/mol. The molecule has 0 aromatic heterocycles. The van der Waals surface area contributed by atoms with Gasteiger partial charge in [-0.3, -0.25) is 0 Å². The van der Waals surface area contributed by atoms with Gasteiger partial charge in [-0.05, 0) is 49.6 Å². The second-order valence-electron chi connectivity index (χ2n) is 4.48. The molecule has 0 spiro atoms. The van der Waals surface area contributed by atoms with Gasteiger partial charge in [-0.1, -0.05) is 0 Å². The summed E-state index contributed by atoms with van der Waals surface area (Å²) in [5.74, 6) is 0.642. The molecule has 2 nitrogen and oxygen atoms in total. The molecule has 15 heavy (non-hydrogen) atoms. The highest BCUT2D eigenvalue weighted by Crippen LogP contribution is 2.29. The van der Waals surface area contributed by atoms with Crippen LogP contribution in [0.1, 0.15) is 18.4 Å². The van der Waals surface area contributed by atoms with Crippen LogP contribution in [0.2, 0.25) is 0 Å². The molecule has 2 rings (SSSR count). The summed E-state index contributed by atoms with van der Waals surface area (Å²) in [7, 11) is 2.06. The molecule has 1 aliphatic rings. The fourth-order valence-electron chi connectivity index (χ4n) is 1.81. The molecule has 0 aliphatic heterocycles. The summed E-state index contributed by atoms with van der Waals surface area (Å²) in [6.45, 7) is 1.83. The molecule has 0 unspecified atom stereocenters. The monoisotopic (exact) mass is 208 g/mol. The number of benzene rings is 1. The van der Waals surface area contributed by atoms with Gasteiger partial charge in [0, 0.05) is 18.8 Å². The topological polar surface area (TPSA) is 29.3 Å². The van der Waals surface area contributed by atoms with E-state index in [9.17, 15) is 4.39 Å². The maximum Gasteiger partial charge on any atom is 0.123 e. The first-order chi connectivity index (χ1) is 7.15. The van der Waals surface area contributed by atoms with E-state index in [0.29, 0.717) is 5.69 Å². The third-order valence-electron chi connectivity index (χ3n) is 2.81. The summed E-state index contributed by atoms with van der Waals surface area (Å²) in [6, 6.07) is 4.56. The average Bonchev–Trinajstić information content (AvgIpc) is 2.95. The molecule has 3 heteroatoms. The Morgan fingerprint density at radius 3 is 2.87 bits per heavy atom. The van der Waals surface area contributed by atoms with Crippen molar-refractivity contribution in [1.29, 1.82) is 0 Å². The zero-order valence-corrected chi connectivity index (χ0v) is 9.04. The minimum absolute atomic E-state index is 0.209. The maximum absolute atomic E-state index is 13.0. The summed E-state index contributed by atoms with van der Waals surface area (Å²) in [5.41, 5.74) is 7.36. The molecule has 2 N–H and O–H groups in total. The van der Waals surface area contributed by atoms with Gasteiger partial charge in [-0.2, -0.15) is 0 Å². The number of rotatable bonds is 4. The smallest absolute Gasteiger partial charge is 0.123 e. The van der Waals surface area contributed by atoms with E-state index in [0.717, 1.165) is 24.6 Å². The number of nitrogens with two attached hydrogens (primary N) is 1. The van der Waals surface area contributed by atoms with Gasteiger partial charge in [0.15, 0.2) is 0 Å². The van der Waals surface area contributed by atoms with Crippen molar-refractivity contribution in [1.82, 2.24) is 4.90 Å². The van der Waals surface area contributed by atoms with Gasteiger partial charge in [-0.25, -0.2) is 4.39 Å². The van der Waals surface area contributed by atoms with Crippen LogP contribution in [0.15, 0.2) is 18.2 Å². The van der Waals surface area contributed by atoms with Crippen LogP contribution in [0.5, 0.6) is 0 Å². The molecular formula is C12H17FN2. The molecule has 0 saturated heterocycles. The number of halogens is 1. The van der Waals surface area contributed by atoms with E-state index in [1.165, 1.54) is 25.0 Å². The van der Waals surface area contributed by atoms with Gasteiger partial charge in [-0.15, -0.1) is 0 Å². The molecule has 1 fully saturated rings. The van der Waals surface area contributed by atoms with Crippen LogP contribution in [0, 0.1) is 11.7 Å². The van der Waals surface area contributed by atoms with Gasteiger partial charge in [0.1, 0.15) is 5.82 Å². The highest BCUT2D eigenvalue weighted by atomic mass is 19.1. The highest BCUT2D eigenvalue weighted by Gasteiger charge is 2.22. The predicted octanol–water partition coefficient (Wildman–Crippen LogP) is 2.25. The molecule has 1 aromatic rings. The summed E-state index contributed by atoms with van der Waals surface area (Å²) in [6.07, 6.45) is 2.67. The van der Waals surface area contributed by atoms with Crippen molar-refractivity contribution in [2.45, 2.75) is 19.4 Å². The standard InChI is InChI=1S/C12H17FN2/c1-15(7-9-2-3-9)8-10-6-11(13)4-5-12(10)14/h4-6,9H,2-3,7-8,14H2,1H3. The number of nitrogens with zero attached hydrogens (tertiary/aromatic N) is 1. The van der Waals surface area contributed by atoms with Crippen LogP contribution >= 0.6 is 0 Å². The molecule has 0 amide bonds. The molecule has 0 bridgehead atoms. The highest BCUT2D eigenvalue weighted by molar-refractivity contribution is 5.46. The Morgan fingerprint density at radius 1 is 1.47 bits per heavy atom. The summed E-state index contributed by atoms with van der Waals surface area (Å²) >= 11 is 0. The summed E-state index contributed by atoms with van der Waals surface area (Å²) in [4.78, 5) is 2.21. The molecule has 0 atom stereocenters. The minimum Gasteiger partial charge on any atom is -0.398 e. The third-order valence-corrected chi connectivity index (χ3v) is 2.81. The SMILES string of the molecule is CN(Cc1cc(F)ccc1N)CC1CC1. The minimum atomic E-state index is -0.209. The Kier molecular flexibility index (Phi) is 2.91. The van der Waals surface area contributed by atoms with Crippen LogP contribution in [0.25, 0.3) is 0 Å². The predicted molar refractivity (Wildman–Crippen MR) is 59.9 cm³/mol. The lowest BCUT2D eigenvalue weighted by Crippen LogP contribution is -2.21. The Hall–Kier alpha value is -1.09. The van der Waals surface area contributed by atoms with Gasteiger partial charge < -0.3 is 10.6 Å². The van der Waals surface area contributed by atoms with E-state index >= 15 is 0 Å². The molecule has 0 radical (unpaired) electrons. The van der Waals surface area contributed by atoms with E-state index in [2.05, 4.69) is 11.9 Å². The van der Waals surface area contributed by atoms with E-state index in [-0.39, 0.29) is 5.82 Å². The second kappa shape index (κ2) is 4.19. The zero-order chi connectivity index (χ0) is 10.8. The maximum atomic E-state index is 13.0. The van der Waals surface area contributed by atoms with Crippen LogP contribution in [0.4, 0.5) is 10.1 Å². The van der Waals surface area contributed by atoms with Gasteiger partial charge in [0.2, 0.25) is 0 Å². The van der Waals surface area contributed by atoms with Crippen molar-refractivity contribution in [3.05, 3.63) is 29.6 Å². The molecule has 1 aromatic carbocycles. The van der Waals surface area contributed by atoms with Crippen LogP contribution in [-0.4, -0.2) is 18.5 Å². The lowest BCUT2D eigenvalue weighted by molar-refractivity contribution is 0.313. The number of hydrogen-bond donors (Lipinski definition) is 1. The lowest BCUT2D eigenvalue weighted by Gasteiger charge is -2.17. The lowest BCUT2D eigenvalue weighted by atomic mass is 10.1. The normalized spacial score (nSPS) is 15.9. The van der Waals surface area contributed by atoms with E-state index in [1.807, 2.05) is 0 Å². The van der Waals surface area contributed by atoms with Crippen LogP contribution in [0.3, 0.4) is 0 Å². The van der Waals surface area contributed by atoms with Gasteiger partial charge in [0.25, 0.3) is 0 Å². The zero-order valence-electron chi connectivity index (χ0n) is 9.04. The fourth-order valence-corrected chi connectivity index (χ4v) is 1.81. The number of anilines is 1. The molecule has 1 aliphatic carbocycles. The van der Waals surface area contributed by atoms with Gasteiger partial charge in [0.05, 0.1) is 0 Å². The Bertz CT molecular complexity index is 347. The third kappa shape index (κ3) is 2.93. The van der Waals surface area contributed by atoms with Crippen molar-refractivity contribution in [2.75, 3.05) is 19.3 Å². The van der Waals surface area contributed by atoms with E-state index in [4.69, 9.17) is 5.73 Å². The first-order valence-corrected chi connectivity index (χ1v) is 5.37. The second-order valence-corrected chi connectivity index (χ2v) is 4.48. The first-order valence-electron chi connectivity index (χ1n) is 5.37. The Labute approximate surface area is 89.9 Å². The number of nitrogen functional groups attached to an aromatic ring is 1. The van der Waals surface area contributed by atoms with Crippen molar-refractivity contribution < 1.29 is 4.39 Å². The van der Waals surface area contributed by atoms with Crippen molar-refractivity contribution in [2.24, 2.45) is 5.92 Å². The fraction of sp³-hybridized carbons (Fsp3) is 0.500. The molecule has 82 valence electrons. The largest absolute Gasteiger partial charge is 0.398 e. The number of hydrogen-bond acceptors (Lipinski definition) is 2. The first kappa shape index (κ1) is 10.4. The van der Waals surface area contributed by atoms with Crippen molar-refractivity contribution in [3.8, 4) is 0 Å². The summed E-state index contributed by atoms with van der Waals surface area (Å²) < 4.78 is 13.0. The van der Waals surface area contributed by atoms with Crippen molar-refractivity contribution in [3.63, 3.8) is 0 Å². The van der Waals surface area contributed by atoms with Crippen molar-refractivity contribution >= 4 is 5.69 Å². The van der Waals surface area contributed by atoms with E-state index in [1.54, 1.807) is 6.07 Å².